The standard InChI is InChI=1S/C29H39N5O4S/c1-4-18(2)26(36)31-23(20-12-7-5-8-13-20)28(38)34-17-11-16-22(34)27(37)32-25-24(21-14-9-6-10-15-21)39-29(33-25)30-19(3)35/h6,9-10,14-15,18,20,22-23H,4-5,7-8,11-13,16-17H2,1-3H3,(H,31,36)(H,32,37)(H,30,33,35)/t18-,22+,23+/m1/s1. The molecule has 4 rings (SSSR count). The van der Waals surface area contributed by atoms with Crippen molar-refractivity contribution in [1.29, 1.82) is 0 Å². The summed E-state index contributed by atoms with van der Waals surface area (Å²) in [6.45, 7) is 5.71. The summed E-state index contributed by atoms with van der Waals surface area (Å²) in [6.07, 6.45) is 6.96. The highest BCUT2D eigenvalue weighted by Crippen LogP contribution is 2.37. The van der Waals surface area contributed by atoms with Gasteiger partial charge in [0.05, 0.1) is 4.88 Å². The van der Waals surface area contributed by atoms with Crippen LogP contribution in [0.4, 0.5) is 10.9 Å². The van der Waals surface area contributed by atoms with Gasteiger partial charge in [0.15, 0.2) is 10.9 Å². The van der Waals surface area contributed by atoms with E-state index in [2.05, 4.69) is 20.9 Å². The number of benzene rings is 1. The Labute approximate surface area is 234 Å². The molecule has 0 unspecified atom stereocenters. The highest BCUT2D eigenvalue weighted by Gasteiger charge is 2.41. The first-order chi connectivity index (χ1) is 18.8. The van der Waals surface area contributed by atoms with E-state index < -0.39 is 12.1 Å². The van der Waals surface area contributed by atoms with E-state index in [-0.39, 0.29) is 35.5 Å². The lowest BCUT2D eigenvalue weighted by Gasteiger charge is -2.35. The number of thiazole rings is 1. The van der Waals surface area contributed by atoms with E-state index in [0.29, 0.717) is 36.8 Å². The van der Waals surface area contributed by atoms with Gasteiger partial charge in [-0.1, -0.05) is 74.8 Å². The third-order valence-electron chi connectivity index (χ3n) is 7.77. The molecule has 0 radical (unpaired) electrons. The molecule has 10 heteroatoms. The second-order valence-electron chi connectivity index (χ2n) is 10.6. The summed E-state index contributed by atoms with van der Waals surface area (Å²) in [5.74, 6) is -0.588. The molecular weight excluding hydrogens is 514 g/mol. The smallest absolute Gasteiger partial charge is 0.248 e. The zero-order valence-corrected chi connectivity index (χ0v) is 23.8. The second kappa shape index (κ2) is 13.2. The first-order valence-corrected chi connectivity index (χ1v) is 14.9. The Morgan fingerprint density at radius 2 is 1.74 bits per heavy atom. The Morgan fingerprint density at radius 3 is 2.41 bits per heavy atom. The van der Waals surface area contributed by atoms with Gasteiger partial charge in [-0.05, 0) is 43.6 Å². The quantitative estimate of drug-likeness (QED) is 0.412. The lowest BCUT2D eigenvalue weighted by Crippen LogP contribution is -2.56. The van der Waals surface area contributed by atoms with Gasteiger partial charge in [0.1, 0.15) is 12.1 Å². The predicted octanol–water partition coefficient (Wildman–Crippen LogP) is 4.81. The fraction of sp³-hybridized carbons (Fsp3) is 0.552. The first-order valence-electron chi connectivity index (χ1n) is 14.0. The van der Waals surface area contributed by atoms with Gasteiger partial charge in [0, 0.05) is 19.4 Å². The summed E-state index contributed by atoms with van der Waals surface area (Å²) in [5.41, 5.74) is 0.867. The van der Waals surface area contributed by atoms with Crippen LogP contribution >= 0.6 is 11.3 Å². The van der Waals surface area contributed by atoms with E-state index in [1.807, 2.05) is 44.2 Å². The normalized spacial score (nSPS) is 19.3. The second-order valence-corrected chi connectivity index (χ2v) is 11.6. The number of likely N-dealkylation sites (tertiary alicyclic amines) is 1. The Hall–Kier alpha value is -3.27. The van der Waals surface area contributed by atoms with Crippen LogP contribution in [0, 0.1) is 11.8 Å². The van der Waals surface area contributed by atoms with Crippen LogP contribution in [0.2, 0.25) is 0 Å². The maximum atomic E-state index is 13.9. The number of nitrogens with zero attached hydrogens (tertiary/aromatic N) is 2. The van der Waals surface area contributed by atoms with Crippen molar-refractivity contribution < 1.29 is 19.2 Å². The molecule has 39 heavy (non-hydrogen) atoms. The number of rotatable bonds is 9. The number of nitrogens with one attached hydrogen (secondary N) is 3. The number of carbonyl (C=O) groups excluding carboxylic acids is 4. The Bertz CT molecular complexity index is 1180. The van der Waals surface area contributed by atoms with Gasteiger partial charge < -0.3 is 20.9 Å². The topological polar surface area (TPSA) is 120 Å². The van der Waals surface area contributed by atoms with E-state index in [9.17, 15) is 19.2 Å². The molecule has 4 amide bonds. The van der Waals surface area contributed by atoms with E-state index in [1.54, 1.807) is 4.90 Å². The van der Waals surface area contributed by atoms with Crippen molar-refractivity contribution >= 4 is 45.9 Å². The van der Waals surface area contributed by atoms with Crippen LogP contribution in [0.3, 0.4) is 0 Å². The Kier molecular flexibility index (Phi) is 9.72. The maximum Gasteiger partial charge on any atom is 0.248 e. The molecule has 9 nitrogen and oxygen atoms in total. The average molecular weight is 554 g/mol. The van der Waals surface area contributed by atoms with E-state index in [1.165, 1.54) is 18.3 Å². The fourth-order valence-corrected chi connectivity index (χ4v) is 6.38. The van der Waals surface area contributed by atoms with E-state index in [0.717, 1.165) is 42.5 Å². The van der Waals surface area contributed by atoms with Crippen molar-refractivity contribution in [3.05, 3.63) is 30.3 Å². The molecule has 0 spiro atoms. The molecule has 210 valence electrons. The molecule has 1 aliphatic heterocycles. The molecule has 1 aromatic carbocycles. The molecule has 2 heterocycles. The van der Waals surface area contributed by atoms with E-state index in [4.69, 9.17) is 0 Å². The van der Waals surface area contributed by atoms with Crippen LogP contribution in [-0.4, -0.2) is 52.1 Å². The SMILES string of the molecule is CC[C@@H](C)C(=O)N[C@H](C(=O)N1CCC[C@H]1C(=O)Nc1nc(NC(C)=O)sc1-c1ccccc1)C1CCCCC1. The monoisotopic (exact) mass is 553 g/mol. The van der Waals surface area contributed by atoms with E-state index >= 15 is 0 Å². The number of hydrogen-bond acceptors (Lipinski definition) is 6. The van der Waals surface area contributed by atoms with Gasteiger partial charge in [-0.15, -0.1) is 0 Å². The fourth-order valence-electron chi connectivity index (χ4n) is 5.41. The van der Waals surface area contributed by atoms with Gasteiger partial charge in [0.25, 0.3) is 0 Å². The Morgan fingerprint density at radius 1 is 1.03 bits per heavy atom. The molecule has 2 fully saturated rings. The zero-order chi connectivity index (χ0) is 27.9. The van der Waals surface area contributed by atoms with Gasteiger partial charge in [-0.3, -0.25) is 19.2 Å². The lowest BCUT2D eigenvalue weighted by atomic mass is 9.83. The van der Waals surface area contributed by atoms with Gasteiger partial charge in [-0.25, -0.2) is 4.98 Å². The molecule has 1 saturated heterocycles. The van der Waals surface area contributed by atoms with Crippen molar-refractivity contribution in [2.45, 2.75) is 84.2 Å². The molecule has 1 saturated carbocycles. The van der Waals surface area contributed by atoms with Crippen LogP contribution in [0.15, 0.2) is 30.3 Å². The average Bonchev–Trinajstić information content (AvgIpc) is 3.59. The summed E-state index contributed by atoms with van der Waals surface area (Å²) >= 11 is 1.28. The summed E-state index contributed by atoms with van der Waals surface area (Å²) in [5, 5.41) is 9.10. The van der Waals surface area contributed by atoms with Crippen LogP contribution in [0.1, 0.15) is 72.1 Å². The Balaban J connectivity index is 1.55. The van der Waals surface area contributed by atoms with Crippen molar-refractivity contribution in [1.82, 2.24) is 15.2 Å². The highest BCUT2D eigenvalue weighted by molar-refractivity contribution is 7.19. The van der Waals surface area contributed by atoms with Crippen LogP contribution in [0.5, 0.6) is 0 Å². The van der Waals surface area contributed by atoms with Crippen LogP contribution in [0.25, 0.3) is 10.4 Å². The van der Waals surface area contributed by atoms with Crippen LogP contribution in [-0.2, 0) is 19.2 Å². The van der Waals surface area contributed by atoms with Crippen LogP contribution < -0.4 is 16.0 Å². The minimum atomic E-state index is -0.654. The molecule has 3 atom stereocenters. The third kappa shape index (κ3) is 7.03. The van der Waals surface area contributed by atoms with Crippen molar-refractivity contribution in [2.75, 3.05) is 17.2 Å². The molecule has 2 aliphatic rings. The van der Waals surface area contributed by atoms with Crippen molar-refractivity contribution in [3.63, 3.8) is 0 Å². The molecule has 0 bridgehead atoms. The van der Waals surface area contributed by atoms with Gasteiger partial charge >= 0.3 is 0 Å². The highest BCUT2D eigenvalue weighted by atomic mass is 32.1. The molecule has 3 N–H and O–H groups in total. The largest absolute Gasteiger partial charge is 0.344 e. The minimum Gasteiger partial charge on any atom is -0.344 e. The predicted molar refractivity (Wildman–Crippen MR) is 153 cm³/mol. The number of carbonyl (C=O) groups is 4. The first kappa shape index (κ1) is 28.7. The zero-order valence-electron chi connectivity index (χ0n) is 23.0. The summed E-state index contributed by atoms with van der Waals surface area (Å²) < 4.78 is 0. The number of anilines is 2. The number of aromatic nitrogens is 1. The van der Waals surface area contributed by atoms with Crippen molar-refractivity contribution in [3.8, 4) is 10.4 Å². The molecule has 1 aromatic heterocycles. The lowest BCUT2D eigenvalue weighted by molar-refractivity contribution is -0.142. The molecule has 2 aromatic rings. The van der Waals surface area contributed by atoms with Crippen molar-refractivity contribution in [2.24, 2.45) is 11.8 Å². The minimum absolute atomic E-state index is 0.0759. The summed E-state index contributed by atoms with van der Waals surface area (Å²) in [7, 11) is 0. The number of hydrogen-bond donors (Lipinski definition) is 3. The maximum absolute atomic E-state index is 13.9. The molecular formula is C29H39N5O4S. The number of amides is 4. The van der Waals surface area contributed by atoms with Gasteiger partial charge in [-0.2, -0.15) is 0 Å². The van der Waals surface area contributed by atoms with Gasteiger partial charge in [0.2, 0.25) is 23.6 Å². The summed E-state index contributed by atoms with van der Waals surface area (Å²) in [4.78, 5) is 58.9. The summed E-state index contributed by atoms with van der Waals surface area (Å²) in [6, 6.07) is 8.26. The molecule has 1 aliphatic carbocycles. The third-order valence-corrected chi connectivity index (χ3v) is 8.79.